The van der Waals surface area contributed by atoms with E-state index in [2.05, 4.69) is 132 Å². The van der Waals surface area contributed by atoms with E-state index in [4.69, 9.17) is 23.8 Å². The van der Waals surface area contributed by atoms with Crippen molar-refractivity contribution in [1.29, 1.82) is 0 Å². The van der Waals surface area contributed by atoms with Gasteiger partial charge in [0.1, 0.15) is 22.3 Å². The van der Waals surface area contributed by atoms with Crippen molar-refractivity contribution in [3.8, 4) is 51.0 Å². The average molecular weight is 811 g/mol. The van der Waals surface area contributed by atoms with Crippen LogP contribution in [-0.2, 0) is 0 Å². The first-order chi connectivity index (χ1) is 31.2. The first-order valence-electron chi connectivity index (χ1n) is 21.4. The minimum atomic E-state index is 0.527. The third-order valence-electron chi connectivity index (χ3n) is 12.0. The molecular weight excluding hydrogens is 773 g/mol. The van der Waals surface area contributed by atoms with Crippen LogP contribution in [0.1, 0.15) is 13.8 Å². The molecule has 0 radical (unpaired) electrons. The quantitative estimate of drug-likeness (QED) is 0.173. The predicted octanol–water partition coefficient (Wildman–Crippen LogP) is 15.6. The maximum absolute atomic E-state index is 6.51. The summed E-state index contributed by atoms with van der Waals surface area (Å²) >= 11 is 0. The van der Waals surface area contributed by atoms with Gasteiger partial charge in [0.2, 0.25) is 5.95 Å². The van der Waals surface area contributed by atoms with Gasteiger partial charge in [0.15, 0.2) is 11.6 Å². The zero-order chi connectivity index (χ0) is 42.0. The van der Waals surface area contributed by atoms with E-state index >= 15 is 0 Å². The number of aromatic nitrogens is 4. The minimum Gasteiger partial charge on any atom is -0.456 e. The Morgan fingerprint density at radius 1 is 0.365 bits per heavy atom. The molecule has 4 aromatic heterocycles. The van der Waals surface area contributed by atoms with Crippen LogP contribution in [0.3, 0.4) is 0 Å². The molecular formula is C57H38N4O2. The van der Waals surface area contributed by atoms with Crippen LogP contribution in [0.5, 0.6) is 0 Å². The molecule has 0 aliphatic heterocycles. The number of hydrogen-bond acceptors (Lipinski definition) is 5. The smallest absolute Gasteiger partial charge is 0.238 e. The van der Waals surface area contributed by atoms with Crippen molar-refractivity contribution in [3.63, 3.8) is 0 Å². The zero-order valence-electron chi connectivity index (χ0n) is 34.6. The Labute approximate surface area is 362 Å². The van der Waals surface area contributed by atoms with Gasteiger partial charge in [-0.05, 0) is 64.4 Å². The number of fused-ring (bicyclic) bond motifs is 10. The Kier molecular flexibility index (Phi) is 8.50. The third-order valence-corrected chi connectivity index (χ3v) is 12.0. The lowest BCUT2D eigenvalue weighted by Crippen LogP contribution is -2.07. The van der Waals surface area contributed by atoms with Crippen LogP contribution in [0.15, 0.2) is 203 Å². The van der Waals surface area contributed by atoms with E-state index in [0.29, 0.717) is 17.6 Å². The van der Waals surface area contributed by atoms with Crippen LogP contribution in [0.2, 0.25) is 0 Å². The van der Waals surface area contributed by atoms with E-state index in [9.17, 15) is 0 Å². The summed E-state index contributed by atoms with van der Waals surface area (Å²) in [5.41, 5.74) is 11.4. The van der Waals surface area contributed by atoms with Gasteiger partial charge in [-0.2, -0.15) is 9.97 Å². The average Bonchev–Trinajstić information content (AvgIpc) is 4.03. The van der Waals surface area contributed by atoms with Gasteiger partial charge in [-0.15, -0.1) is 0 Å². The standard InChI is InChI=1S/C55H32N4O2.C2H6/c1-2-13-33(14-3-1)53-56-54(38-27-28-43-41-19-6-8-25-48(41)60-50(43)32-38)58-55(57-53)59-47-31-35-16-5-4-15-34(35)30-46(47)44-23-11-21-39(51(44)59)36-17-10-18-37(29-36)40-22-12-24-45-42-20-7-9-26-49(42)61-52(40)45;1-2/h1-32H;1-2H3. The fourth-order valence-electron chi connectivity index (χ4n) is 9.20. The maximum Gasteiger partial charge on any atom is 0.238 e. The molecule has 13 rings (SSSR count). The summed E-state index contributed by atoms with van der Waals surface area (Å²) in [6, 6.07) is 67.5. The van der Waals surface area contributed by atoms with E-state index in [1.807, 2.05) is 80.6 Å². The first-order valence-corrected chi connectivity index (χ1v) is 21.4. The van der Waals surface area contributed by atoms with Gasteiger partial charge in [0.05, 0.1) is 11.0 Å². The molecule has 0 amide bonds. The van der Waals surface area contributed by atoms with E-state index in [1.165, 1.54) is 5.39 Å². The Morgan fingerprint density at radius 3 is 1.73 bits per heavy atom. The Hall–Kier alpha value is -8.35. The summed E-state index contributed by atoms with van der Waals surface area (Å²) < 4.78 is 15.1. The lowest BCUT2D eigenvalue weighted by molar-refractivity contribution is 0.669. The lowest BCUT2D eigenvalue weighted by Gasteiger charge is -2.14. The number of hydrogen-bond donors (Lipinski definition) is 0. The number of nitrogens with zero attached hydrogens (tertiary/aromatic N) is 4. The summed E-state index contributed by atoms with van der Waals surface area (Å²) in [7, 11) is 0. The van der Waals surface area contributed by atoms with Crippen molar-refractivity contribution >= 4 is 76.5 Å². The van der Waals surface area contributed by atoms with Crippen LogP contribution in [-0.4, -0.2) is 19.5 Å². The Morgan fingerprint density at radius 2 is 0.937 bits per heavy atom. The number of benzene rings is 9. The molecule has 0 saturated heterocycles. The Bertz CT molecular complexity index is 3900. The molecule has 0 atom stereocenters. The van der Waals surface area contributed by atoms with Crippen molar-refractivity contribution in [2.75, 3.05) is 0 Å². The second kappa shape index (κ2) is 14.7. The molecule has 0 aliphatic rings. The molecule has 13 aromatic rings. The van der Waals surface area contributed by atoms with Crippen LogP contribution in [0.4, 0.5) is 0 Å². The van der Waals surface area contributed by atoms with Gasteiger partial charge in [0.25, 0.3) is 0 Å². The molecule has 6 nitrogen and oxygen atoms in total. The molecule has 4 heterocycles. The zero-order valence-corrected chi connectivity index (χ0v) is 34.6. The number of rotatable bonds is 5. The second-order valence-electron chi connectivity index (χ2n) is 15.6. The van der Waals surface area contributed by atoms with E-state index in [1.54, 1.807) is 0 Å². The molecule has 0 saturated carbocycles. The summed E-state index contributed by atoms with van der Waals surface area (Å²) in [6.07, 6.45) is 0. The summed E-state index contributed by atoms with van der Waals surface area (Å²) in [5.74, 6) is 1.67. The van der Waals surface area contributed by atoms with E-state index in [-0.39, 0.29) is 0 Å². The number of para-hydroxylation sites is 4. The van der Waals surface area contributed by atoms with Crippen molar-refractivity contribution in [2.45, 2.75) is 13.8 Å². The normalized spacial score (nSPS) is 11.7. The molecule has 0 bridgehead atoms. The molecule has 6 heteroatoms. The van der Waals surface area contributed by atoms with Crippen LogP contribution in [0.25, 0.3) is 127 Å². The van der Waals surface area contributed by atoms with Crippen LogP contribution in [0, 0.1) is 0 Å². The third kappa shape index (κ3) is 5.91. The first kappa shape index (κ1) is 36.5. The van der Waals surface area contributed by atoms with E-state index in [0.717, 1.165) is 104 Å². The molecule has 9 aromatic carbocycles. The Balaban J connectivity index is 0.00000208. The van der Waals surface area contributed by atoms with Crippen molar-refractivity contribution in [2.24, 2.45) is 0 Å². The van der Waals surface area contributed by atoms with Crippen molar-refractivity contribution in [3.05, 3.63) is 194 Å². The second-order valence-corrected chi connectivity index (χ2v) is 15.6. The SMILES string of the molecule is CC.c1ccc(-c2nc(-c3ccc4c(c3)oc3ccccc34)nc(-n3c4cc5ccccc5cc4c4cccc(-c5cccc(-c6cccc7c6oc6ccccc67)c5)c43)n2)cc1. The highest BCUT2D eigenvalue weighted by Crippen LogP contribution is 2.42. The number of furan rings is 2. The monoisotopic (exact) mass is 810 g/mol. The molecule has 298 valence electrons. The lowest BCUT2D eigenvalue weighted by atomic mass is 9.96. The fraction of sp³-hybridized carbons (Fsp3) is 0.0351. The molecule has 0 spiro atoms. The van der Waals surface area contributed by atoms with Gasteiger partial charge in [-0.1, -0.05) is 166 Å². The highest BCUT2D eigenvalue weighted by Gasteiger charge is 2.22. The van der Waals surface area contributed by atoms with Gasteiger partial charge >= 0.3 is 0 Å². The summed E-state index contributed by atoms with van der Waals surface area (Å²) in [5, 5.41) is 8.87. The van der Waals surface area contributed by atoms with E-state index < -0.39 is 0 Å². The van der Waals surface area contributed by atoms with Gasteiger partial charge in [-0.25, -0.2) is 4.98 Å². The largest absolute Gasteiger partial charge is 0.456 e. The molecule has 0 N–H and O–H groups in total. The van der Waals surface area contributed by atoms with Gasteiger partial charge in [0, 0.05) is 54.6 Å². The highest BCUT2D eigenvalue weighted by molar-refractivity contribution is 6.17. The van der Waals surface area contributed by atoms with Crippen molar-refractivity contribution < 1.29 is 8.83 Å². The summed E-state index contributed by atoms with van der Waals surface area (Å²) in [6.45, 7) is 4.00. The van der Waals surface area contributed by atoms with Crippen molar-refractivity contribution in [1.82, 2.24) is 19.5 Å². The maximum atomic E-state index is 6.51. The molecule has 0 fully saturated rings. The highest BCUT2D eigenvalue weighted by atomic mass is 16.3. The molecule has 63 heavy (non-hydrogen) atoms. The van der Waals surface area contributed by atoms with Crippen LogP contribution >= 0.6 is 0 Å². The summed E-state index contributed by atoms with van der Waals surface area (Å²) in [4.78, 5) is 15.8. The van der Waals surface area contributed by atoms with Crippen LogP contribution < -0.4 is 0 Å². The minimum absolute atomic E-state index is 0.527. The van der Waals surface area contributed by atoms with Gasteiger partial charge < -0.3 is 8.83 Å². The topological polar surface area (TPSA) is 69.9 Å². The molecule has 0 unspecified atom stereocenters. The predicted molar refractivity (Wildman–Crippen MR) is 259 cm³/mol. The molecule has 0 aliphatic carbocycles. The fourth-order valence-corrected chi connectivity index (χ4v) is 9.20. The van der Waals surface area contributed by atoms with Gasteiger partial charge in [-0.3, -0.25) is 4.57 Å².